The summed E-state index contributed by atoms with van der Waals surface area (Å²) in [6.07, 6.45) is 1.62. The standard InChI is InChI=1S/C20H29N3O3/c1-15-5-6-18-17(11-15)12-23(16(2)24)14-20(26-18)7-9-22(10-8-20)13-19(25)21(3)4/h5-6,11H,7-10,12-14H2,1-4H3. The minimum atomic E-state index is -0.371. The van der Waals surface area contributed by atoms with Crippen molar-refractivity contribution in [2.75, 3.05) is 40.3 Å². The highest BCUT2D eigenvalue weighted by Gasteiger charge is 2.41. The van der Waals surface area contributed by atoms with Crippen LogP contribution >= 0.6 is 0 Å². The van der Waals surface area contributed by atoms with Crippen LogP contribution in [-0.2, 0) is 16.1 Å². The number of nitrogens with zero attached hydrogens (tertiary/aromatic N) is 3. The van der Waals surface area contributed by atoms with Crippen LogP contribution in [0, 0.1) is 6.92 Å². The first-order valence-electron chi connectivity index (χ1n) is 9.25. The van der Waals surface area contributed by atoms with Gasteiger partial charge in [-0.2, -0.15) is 0 Å². The van der Waals surface area contributed by atoms with E-state index in [1.54, 1.807) is 25.9 Å². The fraction of sp³-hybridized carbons (Fsp3) is 0.600. The Morgan fingerprint density at radius 3 is 2.54 bits per heavy atom. The van der Waals surface area contributed by atoms with Gasteiger partial charge in [0.1, 0.15) is 11.4 Å². The molecule has 0 saturated carbocycles. The Balaban J connectivity index is 1.77. The Labute approximate surface area is 155 Å². The van der Waals surface area contributed by atoms with Crippen molar-refractivity contribution in [1.29, 1.82) is 0 Å². The largest absolute Gasteiger partial charge is 0.485 e. The van der Waals surface area contributed by atoms with E-state index >= 15 is 0 Å². The third kappa shape index (κ3) is 4.01. The number of benzene rings is 1. The molecule has 0 aliphatic carbocycles. The molecule has 3 rings (SSSR count). The van der Waals surface area contributed by atoms with Crippen molar-refractivity contribution in [2.24, 2.45) is 0 Å². The van der Waals surface area contributed by atoms with Gasteiger partial charge in [-0.25, -0.2) is 0 Å². The van der Waals surface area contributed by atoms with Crippen LogP contribution in [0.25, 0.3) is 0 Å². The normalized spacial score (nSPS) is 19.5. The molecule has 26 heavy (non-hydrogen) atoms. The number of carbonyl (C=O) groups excluding carboxylic acids is 2. The third-order valence-electron chi connectivity index (χ3n) is 5.45. The highest BCUT2D eigenvalue weighted by Crippen LogP contribution is 2.36. The van der Waals surface area contributed by atoms with Gasteiger partial charge in [0, 0.05) is 59.1 Å². The van der Waals surface area contributed by atoms with Gasteiger partial charge in [0.2, 0.25) is 11.8 Å². The molecule has 1 aromatic rings. The highest BCUT2D eigenvalue weighted by molar-refractivity contribution is 5.77. The maximum atomic E-state index is 12.2. The van der Waals surface area contributed by atoms with Crippen molar-refractivity contribution in [3.8, 4) is 5.75 Å². The van der Waals surface area contributed by atoms with Crippen LogP contribution in [0.4, 0.5) is 0 Å². The number of fused-ring (bicyclic) bond motifs is 1. The van der Waals surface area contributed by atoms with Gasteiger partial charge in [-0.05, 0) is 13.0 Å². The van der Waals surface area contributed by atoms with E-state index in [-0.39, 0.29) is 17.4 Å². The number of ether oxygens (including phenoxy) is 1. The molecule has 1 aromatic carbocycles. The predicted molar refractivity (Wildman–Crippen MR) is 100.0 cm³/mol. The van der Waals surface area contributed by atoms with Gasteiger partial charge in [-0.1, -0.05) is 17.7 Å². The van der Waals surface area contributed by atoms with Gasteiger partial charge in [-0.3, -0.25) is 14.5 Å². The lowest BCUT2D eigenvalue weighted by Gasteiger charge is -2.42. The van der Waals surface area contributed by atoms with Gasteiger partial charge >= 0.3 is 0 Å². The lowest BCUT2D eigenvalue weighted by molar-refractivity contribution is -0.133. The molecule has 0 radical (unpaired) electrons. The second kappa shape index (κ2) is 7.27. The minimum absolute atomic E-state index is 0.0764. The minimum Gasteiger partial charge on any atom is -0.485 e. The molecule has 2 aliphatic heterocycles. The van der Waals surface area contributed by atoms with E-state index in [2.05, 4.69) is 24.0 Å². The lowest BCUT2D eigenvalue weighted by Crippen LogP contribution is -2.55. The van der Waals surface area contributed by atoms with Crippen molar-refractivity contribution < 1.29 is 14.3 Å². The van der Waals surface area contributed by atoms with Crippen LogP contribution in [-0.4, -0.2) is 72.4 Å². The van der Waals surface area contributed by atoms with Crippen LogP contribution in [0.1, 0.15) is 30.9 Å². The molecule has 1 spiro atoms. The van der Waals surface area contributed by atoms with Gasteiger partial charge in [0.05, 0.1) is 13.1 Å². The molecule has 0 unspecified atom stereocenters. The maximum Gasteiger partial charge on any atom is 0.236 e. The van der Waals surface area contributed by atoms with Crippen LogP contribution in [0.15, 0.2) is 18.2 Å². The average molecular weight is 359 g/mol. The van der Waals surface area contributed by atoms with E-state index in [4.69, 9.17) is 4.74 Å². The zero-order chi connectivity index (χ0) is 18.9. The summed E-state index contributed by atoms with van der Waals surface area (Å²) in [5.41, 5.74) is 1.87. The van der Waals surface area contributed by atoms with Gasteiger partial charge < -0.3 is 14.5 Å². The summed E-state index contributed by atoms with van der Waals surface area (Å²) < 4.78 is 6.51. The number of likely N-dealkylation sites (tertiary alicyclic amines) is 1. The molecule has 2 heterocycles. The Hall–Kier alpha value is -2.08. The van der Waals surface area contributed by atoms with Crippen molar-refractivity contribution >= 4 is 11.8 Å². The van der Waals surface area contributed by atoms with E-state index in [1.165, 1.54) is 5.56 Å². The van der Waals surface area contributed by atoms with E-state index < -0.39 is 0 Å². The second-order valence-corrected chi connectivity index (χ2v) is 7.84. The van der Waals surface area contributed by atoms with Gasteiger partial charge in [0.25, 0.3) is 0 Å². The number of piperidine rings is 1. The number of hydrogen-bond donors (Lipinski definition) is 0. The molecule has 1 saturated heterocycles. The molecule has 2 aliphatic rings. The maximum absolute atomic E-state index is 12.2. The zero-order valence-electron chi connectivity index (χ0n) is 16.2. The van der Waals surface area contributed by atoms with Crippen molar-refractivity contribution in [2.45, 2.75) is 38.8 Å². The number of aryl methyl sites for hydroxylation is 1. The summed E-state index contributed by atoms with van der Waals surface area (Å²) in [5, 5.41) is 0. The molecular formula is C20H29N3O3. The smallest absolute Gasteiger partial charge is 0.236 e. The summed E-state index contributed by atoms with van der Waals surface area (Å²) in [7, 11) is 3.57. The number of carbonyl (C=O) groups is 2. The SMILES string of the molecule is CC(=O)N1Cc2cc(C)ccc2OC2(CCN(CC(=O)N(C)C)CC2)C1. The summed E-state index contributed by atoms with van der Waals surface area (Å²) in [4.78, 5) is 29.8. The highest BCUT2D eigenvalue weighted by atomic mass is 16.5. The van der Waals surface area contributed by atoms with Gasteiger partial charge in [-0.15, -0.1) is 0 Å². The van der Waals surface area contributed by atoms with E-state index in [1.807, 2.05) is 11.0 Å². The first kappa shape index (κ1) is 18.7. The lowest BCUT2D eigenvalue weighted by atomic mass is 9.90. The fourth-order valence-corrected chi connectivity index (χ4v) is 3.74. The predicted octanol–water partition coefficient (Wildman–Crippen LogP) is 1.66. The molecule has 0 atom stereocenters. The molecular weight excluding hydrogens is 330 g/mol. The number of hydrogen-bond acceptors (Lipinski definition) is 4. The van der Waals surface area contributed by atoms with Crippen LogP contribution in [0.5, 0.6) is 5.75 Å². The number of likely N-dealkylation sites (N-methyl/N-ethyl adjacent to an activating group) is 1. The van der Waals surface area contributed by atoms with Crippen molar-refractivity contribution in [1.82, 2.24) is 14.7 Å². The van der Waals surface area contributed by atoms with Crippen LogP contribution < -0.4 is 4.74 Å². The Morgan fingerprint density at radius 2 is 1.92 bits per heavy atom. The summed E-state index contributed by atoms with van der Waals surface area (Å²) in [6, 6.07) is 6.19. The molecule has 6 nitrogen and oxygen atoms in total. The third-order valence-corrected chi connectivity index (χ3v) is 5.45. The van der Waals surface area contributed by atoms with Crippen LogP contribution in [0.2, 0.25) is 0 Å². The van der Waals surface area contributed by atoms with E-state index in [0.717, 1.165) is 37.2 Å². The summed E-state index contributed by atoms with van der Waals surface area (Å²) >= 11 is 0. The molecule has 6 heteroatoms. The Bertz CT molecular complexity index is 694. The Kier molecular flexibility index (Phi) is 5.23. The van der Waals surface area contributed by atoms with E-state index in [0.29, 0.717) is 19.6 Å². The zero-order valence-corrected chi connectivity index (χ0v) is 16.2. The monoisotopic (exact) mass is 359 g/mol. The molecule has 1 fully saturated rings. The number of rotatable bonds is 2. The summed E-state index contributed by atoms with van der Waals surface area (Å²) in [5.74, 6) is 1.08. The van der Waals surface area contributed by atoms with Crippen molar-refractivity contribution in [3.63, 3.8) is 0 Å². The number of amides is 2. The molecule has 2 amide bonds. The second-order valence-electron chi connectivity index (χ2n) is 7.84. The fourth-order valence-electron chi connectivity index (χ4n) is 3.74. The molecule has 0 aromatic heterocycles. The van der Waals surface area contributed by atoms with E-state index in [9.17, 15) is 9.59 Å². The first-order valence-corrected chi connectivity index (χ1v) is 9.25. The van der Waals surface area contributed by atoms with Crippen LogP contribution in [0.3, 0.4) is 0 Å². The van der Waals surface area contributed by atoms with Crippen molar-refractivity contribution in [3.05, 3.63) is 29.3 Å². The average Bonchev–Trinajstić information content (AvgIpc) is 2.73. The first-order chi connectivity index (χ1) is 12.3. The molecule has 0 bridgehead atoms. The molecule has 142 valence electrons. The topological polar surface area (TPSA) is 53.1 Å². The summed E-state index contributed by atoms with van der Waals surface area (Å²) in [6.45, 7) is 6.91. The Morgan fingerprint density at radius 1 is 1.23 bits per heavy atom. The van der Waals surface area contributed by atoms with Gasteiger partial charge in [0.15, 0.2) is 0 Å². The quantitative estimate of drug-likeness (QED) is 0.806. The molecule has 0 N–H and O–H groups in total.